The zero-order chi connectivity index (χ0) is 13.0. The van der Waals surface area contributed by atoms with Crippen LogP contribution in [-0.2, 0) is 6.42 Å². The van der Waals surface area contributed by atoms with Crippen molar-refractivity contribution in [2.24, 2.45) is 5.73 Å². The molecule has 18 heavy (non-hydrogen) atoms. The summed E-state index contributed by atoms with van der Waals surface area (Å²) in [6.07, 6.45) is 0.711. The van der Waals surface area contributed by atoms with Gasteiger partial charge in [-0.05, 0) is 25.6 Å². The van der Waals surface area contributed by atoms with Crippen molar-refractivity contribution >= 4 is 22.9 Å². The van der Waals surface area contributed by atoms with E-state index in [9.17, 15) is 4.79 Å². The van der Waals surface area contributed by atoms with Gasteiger partial charge in [0.1, 0.15) is 5.69 Å². The number of hydrogen-bond donors (Lipinski definition) is 2. The molecule has 0 aliphatic rings. The van der Waals surface area contributed by atoms with Gasteiger partial charge in [-0.1, -0.05) is 17.7 Å². The molecule has 0 saturated carbocycles. The fourth-order valence-corrected chi connectivity index (χ4v) is 2.28. The number of rotatable bonds is 4. The number of carbonyl (C=O) groups is 1. The zero-order valence-corrected chi connectivity index (χ0v) is 11.0. The molecule has 1 aromatic carbocycles. The average molecular weight is 261 g/mol. The Kier molecular flexibility index (Phi) is 4.07. The molecule has 1 aromatic heterocycles. The van der Waals surface area contributed by atoms with E-state index < -0.39 is 0 Å². The summed E-state index contributed by atoms with van der Waals surface area (Å²) in [5.74, 6) is -0.182. The van der Waals surface area contributed by atoms with Crippen molar-refractivity contribution in [1.29, 1.82) is 0 Å². The summed E-state index contributed by atoms with van der Waals surface area (Å²) in [6, 6.07) is 7.66. The number of thiazole rings is 1. The predicted molar refractivity (Wildman–Crippen MR) is 74.0 cm³/mol. The Bertz CT molecular complexity index is 533. The number of carbonyl (C=O) groups excluding carboxylic acids is 1. The van der Waals surface area contributed by atoms with Crippen LogP contribution in [-0.4, -0.2) is 17.4 Å². The highest BCUT2D eigenvalue weighted by Crippen LogP contribution is 2.13. The summed E-state index contributed by atoms with van der Waals surface area (Å²) in [5.41, 5.74) is 7.83. The van der Waals surface area contributed by atoms with Gasteiger partial charge in [-0.25, -0.2) is 4.98 Å². The molecule has 0 saturated heterocycles. The number of aryl methyl sites for hydroxylation is 1. The smallest absolute Gasteiger partial charge is 0.275 e. The van der Waals surface area contributed by atoms with Crippen LogP contribution in [0.25, 0.3) is 0 Å². The van der Waals surface area contributed by atoms with E-state index in [1.807, 2.05) is 31.2 Å². The first-order valence-corrected chi connectivity index (χ1v) is 6.59. The number of nitrogens with one attached hydrogen (secondary N) is 1. The molecule has 2 aromatic rings. The van der Waals surface area contributed by atoms with E-state index in [-0.39, 0.29) is 5.91 Å². The quantitative estimate of drug-likeness (QED) is 0.886. The maximum absolute atomic E-state index is 11.9. The zero-order valence-electron chi connectivity index (χ0n) is 10.1. The van der Waals surface area contributed by atoms with E-state index in [0.29, 0.717) is 18.7 Å². The van der Waals surface area contributed by atoms with E-state index in [4.69, 9.17) is 5.73 Å². The summed E-state index contributed by atoms with van der Waals surface area (Å²) in [5, 5.41) is 5.47. The molecule has 4 nitrogen and oxygen atoms in total. The fraction of sp³-hybridized carbons (Fsp3) is 0.231. The Labute approximate surface area is 110 Å². The van der Waals surface area contributed by atoms with Crippen LogP contribution in [0.15, 0.2) is 29.6 Å². The average Bonchev–Trinajstić information content (AvgIpc) is 2.81. The molecule has 1 heterocycles. The first kappa shape index (κ1) is 12.7. The Hall–Kier alpha value is -1.72. The van der Waals surface area contributed by atoms with Gasteiger partial charge < -0.3 is 11.1 Å². The molecule has 0 atom stereocenters. The van der Waals surface area contributed by atoms with Gasteiger partial charge in [-0.15, -0.1) is 11.3 Å². The normalized spacial score (nSPS) is 10.3. The minimum absolute atomic E-state index is 0.182. The Morgan fingerprint density at radius 3 is 2.78 bits per heavy atom. The van der Waals surface area contributed by atoms with Crippen molar-refractivity contribution < 1.29 is 4.79 Å². The molecule has 0 aliphatic carbocycles. The maximum Gasteiger partial charge on any atom is 0.275 e. The van der Waals surface area contributed by atoms with E-state index in [1.54, 1.807) is 5.38 Å². The Morgan fingerprint density at radius 2 is 2.11 bits per heavy atom. The van der Waals surface area contributed by atoms with Gasteiger partial charge in [-0.2, -0.15) is 0 Å². The Morgan fingerprint density at radius 1 is 1.39 bits per heavy atom. The monoisotopic (exact) mass is 261 g/mol. The lowest BCUT2D eigenvalue weighted by Gasteiger charge is -2.03. The molecular weight excluding hydrogens is 246 g/mol. The van der Waals surface area contributed by atoms with Crippen LogP contribution in [0.4, 0.5) is 5.69 Å². The lowest BCUT2D eigenvalue weighted by molar-refractivity contribution is 0.102. The Balaban J connectivity index is 2.04. The SMILES string of the molecule is Cc1ccc(NC(=O)c2csc(CCN)n2)cc1. The van der Waals surface area contributed by atoms with Crippen molar-refractivity contribution in [1.82, 2.24) is 4.98 Å². The maximum atomic E-state index is 11.9. The van der Waals surface area contributed by atoms with Gasteiger partial charge in [-0.3, -0.25) is 4.79 Å². The molecule has 0 fully saturated rings. The number of hydrogen-bond acceptors (Lipinski definition) is 4. The number of benzene rings is 1. The highest BCUT2D eigenvalue weighted by molar-refractivity contribution is 7.09. The third-order valence-electron chi connectivity index (χ3n) is 2.45. The summed E-state index contributed by atoms with van der Waals surface area (Å²) >= 11 is 1.46. The van der Waals surface area contributed by atoms with Gasteiger partial charge in [0.15, 0.2) is 0 Å². The molecule has 1 amide bonds. The highest BCUT2D eigenvalue weighted by Gasteiger charge is 2.10. The van der Waals surface area contributed by atoms with E-state index in [1.165, 1.54) is 11.3 Å². The van der Waals surface area contributed by atoms with E-state index in [0.717, 1.165) is 16.3 Å². The molecule has 3 N–H and O–H groups in total. The molecule has 0 spiro atoms. The van der Waals surface area contributed by atoms with Crippen molar-refractivity contribution in [3.8, 4) is 0 Å². The van der Waals surface area contributed by atoms with E-state index >= 15 is 0 Å². The van der Waals surface area contributed by atoms with Crippen LogP contribution in [0, 0.1) is 6.92 Å². The summed E-state index contributed by atoms with van der Waals surface area (Å²) in [6.45, 7) is 2.55. The molecule has 94 valence electrons. The first-order valence-electron chi connectivity index (χ1n) is 5.71. The second-order valence-electron chi connectivity index (χ2n) is 3.99. The third-order valence-corrected chi connectivity index (χ3v) is 3.36. The minimum atomic E-state index is -0.182. The second kappa shape index (κ2) is 5.75. The third kappa shape index (κ3) is 3.15. The molecule has 0 bridgehead atoms. The topological polar surface area (TPSA) is 68.0 Å². The van der Waals surface area contributed by atoms with Crippen LogP contribution in [0.2, 0.25) is 0 Å². The van der Waals surface area contributed by atoms with Crippen molar-refractivity contribution in [2.75, 3.05) is 11.9 Å². The molecular formula is C13H15N3OS. The van der Waals surface area contributed by atoms with Crippen LogP contribution in [0.5, 0.6) is 0 Å². The lowest BCUT2D eigenvalue weighted by atomic mass is 10.2. The fourth-order valence-electron chi connectivity index (χ4n) is 1.49. The number of anilines is 1. The van der Waals surface area contributed by atoms with Gasteiger partial charge in [0.25, 0.3) is 5.91 Å². The van der Waals surface area contributed by atoms with Crippen LogP contribution in [0.1, 0.15) is 21.1 Å². The van der Waals surface area contributed by atoms with Gasteiger partial charge in [0.05, 0.1) is 5.01 Å². The van der Waals surface area contributed by atoms with Crippen LogP contribution in [0.3, 0.4) is 0 Å². The van der Waals surface area contributed by atoms with E-state index in [2.05, 4.69) is 10.3 Å². The summed E-state index contributed by atoms with van der Waals surface area (Å²) in [4.78, 5) is 16.2. The van der Waals surface area contributed by atoms with Crippen LogP contribution < -0.4 is 11.1 Å². The number of nitrogens with zero attached hydrogens (tertiary/aromatic N) is 1. The number of amides is 1. The van der Waals surface area contributed by atoms with Gasteiger partial charge in [0.2, 0.25) is 0 Å². The van der Waals surface area contributed by atoms with Crippen LogP contribution >= 0.6 is 11.3 Å². The second-order valence-corrected chi connectivity index (χ2v) is 4.93. The predicted octanol–water partition coefficient (Wildman–Crippen LogP) is 2.21. The standard InChI is InChI=1S/C13H15N3OS/c1-9-2-4-10(5-3-9)15-13(17)11-8-18-12(16-11)6-7-14/h2-5,8H,6-7,14H2,1H3,(H,15,17). The largest absolute Gasteiger partial charge is 0.330 e. The number of nitrogens with two attached hydrogens (primary N) is 1. The van der Waals surface area contributed by atoms with Gasteiger partial charge >= 0.3 is 0 Å². The molecule has 0 aliphatic heterocycles. The van der Waals surface area contributed by atoms with Crippen molar-refractivity contribution in [3.63, 3.8) is 0 Å². The summed E-state index contributed by atoms with van der Waals surface area (Å²) in [7, 11) is 0. The molecule has 2 rings (SSSR count). The molecule has 5 heteroatoms. The minimum Gasteiger partial charge on any atom is -0.330 e. The first-order chi connectivity index (χ1) is 8.69. The summed E-state index contributed by atoms with van der Waals surface area (Å²) < 4.78 is 0. The van der Waals surface area contributed by atoms with Gasteiger partial charge in [0, 0.05) is 17.5 Å². The lowest BCUT2D eigenvalue weighted by Crippen LogP contribution is -2.12. The van der Waals surface area contributed by atoms with Crippen molar-refractivity contribution in [3.05, 3.63) is 45.9 Å². The highest BCUT2D eigenvalue weighted by atomic mass is 32.1. The molecule has 0 radical (unpaired) electrons. The molecule has 0 unspecified atom stereocenters. The number of aromatic nitrogens is 1. The van der Waals surface area contributed by atoms with Crippen molar-refractivity contribution in [2.45, 2.75) is 13.3 Å².